The third-order valence-electron chi connectivity index (χ3n) is 2.32. The summed E-state index contributed by atoms with van der Waals surface area (Å²) >= 11 is 0. The van der Waals surface area contributed by atoms with Gasteiger partial charge >= 0.3 is 5.97 Å². The van der Waals surface area contributed by atoms with Gasteiger partial charge in [-0.3, -0.25) is 4.79 Å². The normalized spacial score (nSPS) is 13.3. The molecule has 0 saturated carbocycles. The summed E-state index contributed by atoms with van der Waals surface area (Å²) in [7, 11) is 0. The third kappa shape index (κ3) is 4.45. The number of hydrogen-bond donors (Lipinski definition) is 2. The molecule has 0 unspecified atom stereocenters. The predicted octanol–water partition coefficient (Wildman–Crippen LogP) is 1.68. The summed E-state index contributed by atoms with van der Waals surface area (Å²) in [6.07, 6.45) is 1.76. The number of carboxylic acid groups (broad SMARTS) is 1. The van der Waals surface area contributed by atoms with E-state index < -0.39 is 5.97 Å². The zero-order chi connectivity index (χ0) is 13.4. The molecule has 1 saturated heterocycles. The standard InChI is InChI=1S/C9H10O3.C4H7NO/c1-2-12-8-6-4-3-5-7(8)9(10)11;6-4-2-1-3-5-4/h3-6H,2H2,1H3,(H,10,11);1-3H2,(H,5,6). The number of amides is 1. The van der Waals surface area contributed by atoms with Crippen molar-refractivity contribution in [1.82, 2.24) is 5.32 Å². The molecule has 98 valence electrons. The molecule has 1 aliphatic heterocycles. The Balaban J connectivity index is 0.000000225. The lowest BCUT2D eigenvalue weighted by Gasteiger charge is -2.05. The molecule has 1 fully saturated rings. The second-order valence-corrected chi connectivity index (χ2v) is 3.69. The van der Waals surface area contributed by atoms with Crippen molar-refractivity contribution in [2.45, 2.75) is 19.8 Å². The molecule has 0 bridgehead atoms. The fourth-order valence-electron chi connectivity index (χ4n) is 1.49. The molecule has 5 heteroatoms. The molecule has 1 aromatic rings. The predicted molar refractivity (Wildman–Crippen MR) is 66.8 cm³/mol. The highest BCUT2D eigenvalue weighted by atomic mass is 16.5. The van der Waals surface area contributed by atoms with Crippen LogP contribution in [-0.2, 0) is 4.79 Å². The number of carbonyl (C=O) groups is 2. The number of aromatic carboxylic acids is 1. The number of para-hydroxylation sites is 1. The second-order valence-electron chi connectivity index (χ2n) is 3.69. The van der Waals surface area contributed by atoms with E-state index in [9.17, 15) is 9.59 Å². The lowest BCUT2D eigenvalue weighted by molar-refractivity contribution is -0.119. The average Bonchev–Trinajstić information content (AvgIpc) is 2.82. The summed E-state index contributed by atoms with van der Waals surface area (Å²) in [5, 5.41) is 11.4. The van der Waals surface area contributed by atoms with Crippen LogP contribution in [0.3, 0.4) is 0 Å². The van der Waals surface area contributed by atoms with Gasteiger partial charge in [-0.25, -0.2) is 4.79 Å². The highest BCUT2D eigenvalue weighted by molar-refractivity contribution is 5.90. The van der Waals surface area contributed by atoms with Gasteiger partial charge in [-0.2, -0.15) is 0 Å². The number of carbonyl (C=O) groups excluding carboxylic acids is 1. The Morgan fingerprint density at radius 1 is 1.44 bits per heavy atom. The van der Waals surface area contributed by atoms with Gasteiger partial charge in [-0.15, -0.1) is 0 Å². The molecule has 1 aromatic carbocycles. The van der Waals surface area contributed by atoms with Crippen LogP contribution in [0, 0.1) is 0 Å². The van der Waals surface area contributed by atoms with Crippen LogP contribution >= 0.6 is 0 Å². The molecule has 2 N–H and O–H groups in total. The summed E-state index contributed by atoms with van der Waals surface area (Å²) in [5.41, 5.74) is 0.208. The van der Waals surface area contributed by atoms with E-state index in [1.54, 1.807) is 18.2 Å². The van der Waals surface area contributed by atoms with E-state index in [1.807, 2.05) is 6.92 Å². The molecule has 5 nitrogen and oxygen atoms in total. The minimum atomic E-state index is -0.959. The van der Waals surface area contributed by atoms with Gasteiger partial charge in [0.1, 0.15) is 11.3 Å². The van der Waals surface area contributed by atoms with Crippen molar-refractivity contribution in [2.24, 2.45) is 0 Å². The van der Waals surface area contributed by atoms with Crippen molar-refractivity contribution in [3.63, 3.8) is 0 Å². The average molecular weight is 251 g/mol. The molecule has 0 spiro atoms. The molecule has 0 atom stereocenters. The Morgan fingerprint density at radius 3 is 2.61 bits per heavy atom. The second kappa shape index (κ2) is 7.32. The molecular weight excluding hydrogens is 234 g/mol. The van der Waals surface area contributed by atoms with Crippen molar-refractivity contribution in [1.29, 1.82) is 0 Å². The molecule has 0 radical (unpaired) electrons. The zero-order valence-corrected chi connectivity index (χ0v) is 10.3. The fourth-order valence-corrected chi connectivity index (χ4v) is 1.49. The lowest BCUT2D eigenvalue weighted by Crippen LogP contribution is -2.12. The molecular formula is C13H17NO4. The number of carboxylic acids is 1. The maximum atomic E-state index is 10.6. The molecule has 0 aromatic heterocycles. The Morgan fingerprint density at radius 2 is 2.17 bits per heavy atom. The summed E-state index contributed by atoms with van der Waals surface area (Å²) < 4.78 is 5.12. The molecule has 0 aliphatic carbocycles. The number of benzene rings is 1. The molecule has 18 heavy (non-hydrogen) atoms. The van der Waals surface area contributed by atoms with Crippen LogP contribution in [0.25, 0.3) is 0 Å². The van der Waals surface area contributed by atoms with Crippen molar-refractivity contribution < 1.29 is 19.4 Å². The summed E-state index contributed by atoms with van der Waals surface area (Å²) in [4.78, 5) is 20.7. The third-order valence-corrected chi connectivity index (χ3v) is 2.32. The van der Waals surface area contributed by atoms with Crippen molar-refractivity contribution in [3.05, 3.63) is 29.8 Å². The van der Waals surface area contributed by atoms with Gasteiger partial charge in [0.05, 0.1) is 6.61 Å². The number of rotatable bonds is 3. The van der Waals surface area contributed by atoms with Crippen LogP contribution < -0.4 is 10.1 Å². The molecule has 1 heterocycles. The quantitative estimate of drug-likeness (QED) is 0.857. The molecule has 1 amide bonds. The Hall–Kier alpha value is -2.04. The van der Waals surface area contributed by atoms with Crippen LogP contribution in [0.5, 0.6) is 5.75 Å². The van der Waals surface area contributed by atoms with Crippen LogP contribution in [0.15, 0.2) is 24.3 Å². The maximum Gasteiger partial charge on any atom is 0.339 e. The highest BCUT2D eigenvalue weighted by Gasteiger charge is 2.08. The van der Waals surface area contributed by atoms with E-state index in [0.717, 1.165) is 19.4 Å². The first-order valence-corrected chi connectivity index (χ1v) is 5.87. The smallest absolute Gasteiger partial charge is 0.339 e. The largest absolute Gasteiger partial charge is 0.493 e. The monoisotopic (exact) mass is 251 g/mol. The van der Waals surface area contributed by atoms with Gasteiger partial charge < -0.3 is 15.2 Å². The van der Waals surface area contributed by atoms with E-state index in [4.69, 9.17) is 9.84 Å². The Labute approximate surface area is 106 Å². The van der Waals surface area contributed by atoms with Crippen molar-refractivity contribution in [3.8, 4) is 5.75 Å². The maximum absolute atomic E-state index is 10.6. The first-order chi connectivity index (χ1) is 8.65. The first-order valence-electron chi connectivity index (χ1n) is 5.87. The van der Waals surface area contributed by atoms with Gasteiger partial charge in [-0.05, 0) is 25.5 Å². The highest BCUT2D eigenvalue weighted by Crippen LogP contribution is 2.17. The van der Waals surface area contributed by atoms with E-state index in [-0.39, 0.29) is 11.5 Å². The number of nitrogens with one attached hydrogen (secondary N) is 1. The van der Waals surface area contributed by atoms with E-state index >= 15 is 0 Å². The van der Waals surface area contributed by atoms with Crippen LogP contribution in [0.1, 0.15) is 30.1 Å². The van der Waals surface area contributed by atoms with Gasteiger partial charge in [0.15, 0.2) is 0 Å². The number of hydrogen-bond acceptors (Lipinski definition) is 3. The zero-order valence-electron chi connectivity index (χ0n) is 10.3. The van der Waals surface area contributed by atoms with Crippen molar-refractivity contribution in [2.75, 3.05) is 13.2 Å². The molecule has 2 rings (SSSR count). The van der Waals surface area contributed by atoms with E-state index in [0.29, 0.717) is 12.4 Å². The van der Waals surface area contributed by atoms with Gasteiger partial charge in [-0.1, -0.05) is 12.1 Å². The van der Waals surface area contributed by atoms with E-state index in [2.05, 4.69) is 5.32 Å². The van der Waals surface area contributed by atoms with Gasteiger partial charge in [0, 0.05) is 13.0 Å². The SMILES string of the molecule is CCOc1ccccc1C(=O)O.O=C1CCCN1. The van der Waals surface area contributed by atoms with Gasteiger partial charge in [0.2, 0.25) is 5.91 Å². The summed E-state index contributed by atoms with van der Waals surface area (Å²) in [6, 6.07) is 6.59. The summed E-state index contributed by atoms with van der Waals surface area (Å²) in [6.45, 7) is 3.18. The topological polar surface area (TPSA) is 75.6 Å². The van der Waals surface area contributed by atoms with Crippen LogP contribution in [0.2, 0.25) is 0 Å². The minimum absolute atomic E-state index is 0.204. The van der Waals surface area contributed by atoms with Gasteiger partial charge in [0.25, 0.3) is 0 Å². The summed E-state index contributed by atoms with van der Waals surface area (Å²) in [5.74, 6) is -0.332. The molecule has 1 aliphatic rings. The first kappa shape index (κ1) is 14.0. The fraction of sp³-hybridized carbons (Fsp3) is 0.385. The minimum Gasteiger partial charge on any atom is -0.493 e. The number of ether oxygens (including phenoxy) is 1. The Bertz CT molecular complexity index is 409. The lowest BCUT2D eigenvalue weighted by atomic mass is 10.2. The van der Waals surface area contributed by atoms with Crippen molar-refractivity contribution >= 4 is 11.9 Å². The van der Waals surface area contributed by atoms with Crippen LogP contribution in [-0.4, -0.2) is 30.1 Å². The Kier molecular flexibility index (Phi) is 5.70. The van der Waals surface area contributed by atoms with Crippen LogP contribution in [0.4, 0.5) is 0 Å². The van der Waals surface area contributed by atoms with E-state index in [1.165, 1.54) is 6.07 Å².